The molecule has 2 bridgehead atoms. The van der Waals surface area contributed by atoms with E-state index in [1.54, 1.807) is 0 Å². The molecular formula is C18H23N3O3. The van der Waals surface area contributed by atoms with Gasteiger partial charge in [-0.15, -0.1) is 0 Å². The minimum Gasteiger partial charge on any atom is -0.294 e. The number of nitrogens with zero attached hydrogens (tertiary/aromatic N) is 2. The molecule has 0 aromatic rings. The highest BCUT2D eigenvalue weighted by atomic mass is 16.2. The maximum absolute atomic E-state index is 12.8. The Kier molecular flexibility index (Phi) is 3.14. The maximum Gasteiger partial charge on any atom is 0.253 e. The normalized spacial score (nSPS) is 42.9. The van der Waals surface area contributed by atoms with Crippen LogP contribution in [-0.2, 0) is 14.4 Å². The molecule has 1 N–H and O–H groups in total. The molecule has 3 amide bonds. The first-order valence-corrected chi connectivity index (χ1v) is 9.23. The quantitative estimate of drug-likeness (QED) is 0.607. The molecule has 6 nitrogen and oxygen atoms in total. The average Bonchev–Trinajstić information content (AvgIpc) is 3.37. The van der Waals surface area contributed by atoms with Gasteiger partial charge in [-0.3, -0.25) is 24.7 Å². The summed E-state index contributed by atoms with van der Waals surface area (Å²) in [5.74, 6) is 0.448. The summed E-state index contributed by atoms with van der Waals surface area (Å²) in [5, 5.41) is 1.04. The lowest BCUT2D eigenvalue weighted by Crippen LogP contribution is -2.50. The molecule has 0 radical (unpaired) electrons. The molecule has 0 aromatic carbocycles. The molecule has 0 spiro atoms. The highest BCUT2D eigenvalue weighted by Crippen LogP contribution is 2.65. The van der Waals surface area contributed by atoms with Crippen molar-refractivity contribution in [3.05, 3.63) is 12.2 Å². The lowest BCUT2D eigenvalue weighted by Gasteiger charge is -2.37. The van der Waals surface area contributed by atoms with Gasteiger partial charge in [0, 0.05) is 0 Å². The summed E-state index contributed by atoms with van der Waals surface area (Å²) in [4.78, 5) is 39.9. The third-order valence-electron chi connectivity index (χ3n) is 6.72. The number of allylic oxidation sites excluding steroid dienone is 2. The fourth-order valence-corrected chi connectivity index (χ4v) is 5.55. The van der Waals surface area contributed by atoms with Crippen LogP contribution in [-0.4, -0.2) is 47.3 Å². The van der Waals surface area contributed by atoms with Crippen molar-refractivity contribution >= 4 is 17.7 Å². The van der Waals surface area contributed by atoms with Crippen LogP contribution in [0.4, 0.5) is 0 Å². The number of likely N-dealkylation sites (tertiary alicyclic amines) is 1. The number of nitrogens with one attached hydrogen (secondary N) is 1. The van der Waals surface area contributed by atoms with E-state index >= 15 is 0 Å². The predicted molar refractivity (Wildman–Crippen MR) is 85.0 cm³/mol. The summed E-state index contributed by atoms with van der Waals surface area (Å²) in [6, 6.07) is 0. The zero-order chi connectivity index (χ0) is 16.4. The van der Waals surface area contributed by atoms with E-state index in [-0.39, 0.29) is 47.9 Å². The summed E-state index contributed by atoms with van der Waals surface area (Å²) in [7, 11) is 0. The first kappa shape index (κ1) is 14.6. The predicted octanol–water partition coefficient (Wildman–Crippen LogP) is 0.557. The fourth-order valence-electron chi connectivity index (χ4n) is 5.55. The minimum absolute atomic E-state index is 0.193. The molecule has 4 fully saturated rings. The van der Waals surface area contributed by atoms with Crippen LogP contribution in [0.1, 0.15) is 25.7 Å². The molecule has 2 saturated heterocycles. The van der Waals surface area contributed by atoms with Crippen LogP contribution in [0.3, 0.4) is 0 Å². The SMILES string of the molecule is O=C(CN1CCCCC1)NN1C(=O)[C@@H]2[C@H]3C=C[C@@H]([C@@H]4C[C@H]34)[C@H]2C1=O. The van der Waals surface area contributed by atoms with E-state index in [0.29, 0.717) is 11.8 Å². The molecule has 2 aliphatic heterocycles. The summed E-state index contributed by atoms with van der Waals surface area (Å²) in [5.41, 5.74) is 2.61. The number of amides is 3. The third-order valence-corrected chi connectivity index (χ3v) is 6.72. The molecule has 6 aliphatic rings. The number of carbonyl (C=O) groups is 3. The van der Waals surface area contributed by atoms with Gasteiger partial charge in [-0.25, -0.2) is 0 Å². The molecule has 0 unspecified atom stereocenters. The van der Waals surface area contributed by atoms with E-state index < -0.39 is 0 Å². The number of carbonyl (C=O) groups excluding carboxylic acids is 3. The van der Waals surface area contributed by atoms with Gasteiger partial charge in [-0.2, -0.15) is 5.01 Å². The molecule has 128 valence electrons. The van der Waals surface area contributed by atoms with Crippen LogP contribution in [0.2, 0.25) is 0 Å². The largest absolute Gasteiger partial charge is 0.294 e. The summed E-state index contributed by atoms with van der Waals surface area (Å²) >= 11 is 0. The molecule has 24 heavy (non-hydrogen) atoms. The molecule has 6 heteroatoms. The van der Waals surface area contributed by atoms with Gasteiger partial charge < -0.3 is 0 Å². The molecule has 6 rings (SSSR count). The number of piperidine rings is 1. The molecule has 6 atom stereocenters. The minimum atomic E-state index is -0.247. The smallest absolute Gasteiger partial charge is 0.253 e. The second-order valence-electron chi connectivity index (χ2n) is 8.04. The Morgan fingerprint density at radius 3 is 2.17 bits per heavy atom. The Balaban J connectivity index is 1.29. The second kappa shape index (κ2) is 5.15. The van der Waals surface area contributed by atoms with Gasteiger partial charge in [0.1, 0.15) is 0 Å². The molecule has 4 aliphatic carbocycles. The van der Waals surface area contributed by atoms with Crippen molar-refractivity contribution in [1.29, 1.82) is 0 Å². The number of hydrazine groups is 1. The number of rotatable bonds is 3. The zero-order valence-corrected chi connectivity index (χ0v) is 13.7. The van der Waals surface area contributed by atoms with Crippen LogP contribution in [0.15, 0.2) is 12.2 Å². The Morgan fingerprint density at radius 1 is 1.00 bits per heavy atom. The van der Waals surface area contributed by atoms with Gasteiger partial charge >= 0.3 is 0 Å². The van der Waals surface area contributed by atoms with Crippen molar-refractivity contribution in [2.24, 2.45) is 35.5 Å². The van der Waals surface area contributed by atoms with Crippen LogP contribution >= 0.6 is 0 Å². The van der Waals surface area contributed by atoms with E-state index in [2.05, 4.69) is 22.5 Å². The standard InChI is InChI=1S/C18H23N3O3/c22-14(9-20-6-2-1-3-7-20)19-21-17(23)15-10-4-5-11(13-8-12(10)13)16(15)18(21)24/h4-5,10-13,15-16H,1-3,6-9H2,(H,19,22)/t10-,11-,12-,13+,15+,16+/m0/s1. The van der Waals surface area contributed by atoms with Crippen molar-refractivity contribution in [3.8, 4) is 0 Å². The third kappa shape index (κ3) is 2.01. The monoisotopic (exact) mass is 329 g/mol. The van der Waals surface area contributed by atoms with E-state index in [0.717, 1.165) is 37.4 Å². The number of hydrogen-bond donors (Lipinski definition) is 1. The van der Waals surface area contributed by atoms with Gasteiger partial charge in [0.25, 0.3) is 17.7 Å². The Hall–Kier alpha value is -1.69. The number of hydrogen-bond acceptors (Lipinski definition) is 4. The van der Waals surface area contributed by atoms with E-state index in [9.17, 15) is 14.4 Å². The van der Waals surface area contributed by atoms with Gasteiger partial charge in [-0.05, 0) is 56.0 Å². The molecule has 2 heterocycles. The molecular weight excluding hydrogens is 306 g/mol. The topological polar surface area (TPSA) is 69.7 Å². The van der Waals surface area contributed by atoms with Gasteiger partial charge in [0.2, 0.25) is 0 Å². The second-order valence-corrected chi connectivity index (χ2v) is 8.04. The highest BCUT2D eigenvalue weighted by Gasteiger charge is 2.67. The van der Waals surface area contributed by atoms with Crippen molar-refractivity contribution in [2.45, 2.75) is 25.7 Å². The Bertz CT molecular complexity index is 603. The lowest BCUT2D eigenvalue weighted by atomic mass is 9.63. The first-order chi connectivity index (χ1) is 11.6. The number of imide groups is 1. The molecule has 2 saturated carbocycles. The summed E-state index contributed by atoms with van der Waals surface area (Å²) < 4.78 is 0. The van der Waals surface area contributed by atoms with E-state index in [1.165, 1.54) is 6.42 Å². The van der Waals surface area contributed by atoms with Gasteiger partial charge in [-0.1, -0.05) is 18.6 Å². The van der Waals surface area contributed by atoms with E-state index in [1.807, 2.05) is 0 Å². The Labute approximate surface area is 141 Å². The highest BCUT2D eigenvalue weighted by molar-refractivity contribution is 6.07. The van der Waals surface area contributed by atoms with E-state index in [4.69, 9.17) is 0 Å². The fraction of sp³-hybridized carbons (Fsp3) is 0.722. The first-order valence-electron chi connectivity index (χ1n) is 9.23. The molecule has 0 aromatic heterocycles. The van der Waals surface area contributed by atoms with Crippen molar-refractivity contribution in [1.82, 2.24) is 15.3 Å². The van der Waals surface area contributed by atoms with Crippen LogP contribution in [0, 0.1) is 35.5 Å². The van der Waals surface area contributed by atoms with Crippen molar-refractivity contribution < 1.29 is 14.4 Å². The summed E-state index contributed by atoms with van der Waals surface area (Å²) in [6.45, 7) is 2.10. The lowest BCUT2D eigenvalue weighted by molar-refractivity contribution is -0.149. The van der Waals surface area contributed by atoms with Crippen LogP contribution in [0.5, 0.6) is 0 Å². The van der Waals surface area contributed by atoms with Crippen LogP contribution in [0.25, 0.3) is 0 Å². The average molecular weight is 329 g/mol. The maximum atomic E-state index is 12.8. The Morgan fingerprint density at radius 2 is 1.58 bits per heavy atom. The van der Waals surface area contributed by atoms with Crippen molar-refractivity contribution in [2.75, 3.05) is 19.6 Å². The van der Waals surface area contributed by atoms with Gasteiger partial charge in [0.15, 0.2) is 0 Å². The zero-order valence-electron chi connectivity index (χ0n) is 13.7. The van der Waals surface area contributed by atoms with Crippen LogP contribution < -0.4 is 5.43 Å². The van der Waals surface area contributed by atoms with Crippen molar-refractivity contribution in [3.63, 3.8) is 0 Å². The summed E-state index contributed by atoms with van der Waals surface area (Å²) in [6.07, 6.45) is 8.86. The van der Waals surface area contributed by atoms with Gasteiger partial charge in [0.05, 0.1) is 18.4 Å².